The summed E-state index contributed by atoms with van der Waals surface area (Å²) in [4.78, 5) is 2.58. The predicted molar refractivity (Wildman–Crippen MR) is 79.3 cm³/mol. The highest BCUT2D eigenvalue weighted by atomic mass is 15.4. The van der Waals surface area contributed by atoms with Crippen LogP contribution < -0.4 is 5.32 Å². The third-order valence-electron chi connectivity index (χ3n) is 4.49. The van der Waals surface area contributed by atoms with Gasteiger partial charge in [-0.05, 0) is 51.1 Å². The Morgan fingerprint density at radius 3 is 2.95 bits per heavy atom. The molecule has 0 radical (unpaired) electrons. The van der Waals surface area contributed by atoms with E-state index in [1.165, 1.54) is 45.2 Å². The van der Waals surface area contributed by atoms with E-state index in [2.05, 4.69) is 33.6 Å². The molecule has 1 aliphatic heterocycles. The lowest BCUT2D eigenvalue weighted by Crippen LogP contribution is -2.28. The van der Waals surface area contributed by atoms with Gasteiger partial charge in [-0.15, -0.1) is 5.10 Å². The highest BCUT2D eigenvalue weighted by molar-refractivity contribution is 4.94. The van der Waals surface area contributed by atoms with Crippen LogP contribution in [-0.2, 0) is 13.1 Å². The zero-order valence-electron chi connectivity index (χ0n) is 12.6. The minimum Gasteiger partial charge on any atom is -0.308 e. The van der Waals surface area contributed by atoms with Gasteiger partial charge >= 0.3 is 0 Å². The first-order valence-electron chi connectivity index (χ1n) is 8.14. The van der Waals surface area contributed by atoms with E-state index in [0.29, 0.717) is 0 Å². The second-order valence-corrected chi connectivity index (χ2v) is 6.51. The Kier molecular flexibility index (Phi) is 4.68. The molecule has 0 bridgehead atoms. The van der Waals surface area contributed by atoms with Crippen molar-refractivity contribution < 1.29 is 0 Å². The molecule has 1 aromatic heterocycles. The summed E-state index contributed by atoms with van der Waals surface area (Å²) in [6, 6.07) is 0.735. The molecule has 20 heavy (non-hydrogen) atoms. The van der Waals surface area contributed by atoms with Crippen molar-refractivity contribution in [1.82, 2.24) is 25.2 Å². The van der Waals surface area contributed by atoms with E-state index in [1.807, 2.05) is 4.68 Å². The van der Waals surface area contributed by atoms with Crippen LogP contribution in [0.2, 0.25) is 0 Å². The van der Waals surface area contributed by atoms with Crippen LogP contribution in [0.4, 0.5) is 0 Å². The standard InChI is InChI=1S/C15H27N5/c1-13-3-2-7-19(8-6-13)9-10-20-12-15(17-18-20)11-16-14-4-5-14/h12-14,16H,2-11H2,1H3. The van der Waals surface area contributed by atoms with Gasteiger partial charge in [0, 0.05) is 25.3 Å². The smallest absolute Gasteiger partial charge is 0.0964 e. The second kappa shape index (κ2) is 6.68. The third-order valence-corrected chi connectivity index (χ3v) is 4.49. The lowest BCUT2D eigenvalue weighted by molar-refractivity contribution is 0.265. The van der Waals surface area contributed by atoms with Crippen molar-refractivity contribution in [2.24, 2.45) is 5.92 Å². The predicted octanol–water partition coefficient (Wildman–Crippen LogP) is 1.65. The van der Waals surface area contributed by atoms with E-state index in [1.54, 1.807) is 0 Å². The van der Waals surface area contributed by atoms with Crippen LogP contribution in [0.25, 0.3) is 0 Å². The first-order valence-corrected chi connectivity index (χ1v) is 8.14. The first kappa shape index (κ1) is 14.0. The lowest BCUT2D eigenvalue weighted by atomic mass is 10.0. The molecule has 1 atom stereocenters. The average molecular weight is 277 g/mol. The molecule has 5 nitrogen and oxygen atoms in total. The fourth-order valence-corrected chi connectivity index (χ4v) is 2.86. The summed E-state index contributed by atoms with van der Waals surface area (Å²) in [6.07, 6.45) is 8.80. The van der Waals surface area contributed by atoms with Crippen molar-refractivity contribution in [2.75, 3.05) is 19.6 Å². The molecule has 0 amide bonds. The van der Waals surface area contributed by atoms with Crippen molar-refractivity contribution in [3.8, 4) is 0 Å². The van der Waals surface area contributed by atoms with Crippen molar-refractivity contribution in [2.45, 2.75) is 58.2 Å². The van der Waals surface area contributed by atoms with Crippen molar-refractivity contribution in [3.63, 3.8) is 0 Å². The molecule has 1 aromatic rings. The zero-order valence-corrected chi connectivity index (χ0v) is 12.6. The van der Waals surface area contributed by atoms with Crippen LogP contribution in [0.15, 0.2) is 6.20 Å². The van der Waals surface area contributed by atoms with Gasteiger partial charge in [-0.25, -0.2) is 0 Å². The Labute approximate surface area is 121 Å². The average Bonchev–Trinajstić information content (AvgIpc) is 3.20. The van der Waals surface area contributed by atoms with Gasteiger partial charge in [-0.2, -0.15) is 0 Å². The lowest BCUT2D eigenvalue weighted by Gasteiger charge is -2.19. The normalized spacial score (nSPS) is 24.8. The molecular weight excluding hydrogens is 250 g/mol. The molecule has 2 fully saturated rings. The minimum atomic E-state index is 0.735. The van der Waals surface area contributed by atoms with Gasteiger partial charge in [0.25, 0.3) is 0 Å². The van der Waals surface area contributed by atoms with Gasteiger partial charge in [0.1, 0.15) is 0 Å². The van der Waals surface area contributed by atoms with Gasteiger partial charge in [-0.3, -0.25) is 4.68 Å². The Hall–Kier alpha value is -0.940. The van der Waals surface area contributed by atoms with E-state index in [-0.39, 0.29) is 0 Å². The summed E-state index contributed by atoms with van der Waals surface area (Å²) in [5, 5.41) is 12.0. The maximum Gasteiger partial charge on any atom is 0.0964 e. The molecular formula is C15H27N5. The molecule has 112 valence electrons. The Morgan fingerprint density at radius 1 is 1.20 bits per heavy atom. The van der Waals surface area contributed by atoms with Crippen molar-refractivity contribution in [1.29, 1.82) is 0 Å². The molecule has 2 aliphatic rings. The Balaban J connectivity index is 1.40. The largest absolute Gasteiger partial charge is 0.308 e. The highest BCUT2D eigenvalue weighted by Gasteiger charge is 2.20. The van der Waals surface area contributed by atoms with E-state index in [9.17, 15) is 0 Å². The van der Waals surface area contributed by atoms with Gasteiger partial charge in [0.05, 0.1) is 12.2 Å². The van der Waals surface area contributed by atoms with Gasteiger partial charge in [-0.1, -0.05) is 12.1 Å². The SMILES string of the molecule is CC1CCCN(CCn2cc(CNC3CC3)nn2)CC1. The number of rotatable bonds is 6. The molecule has 5 heteroatoms. The minimum absolute atomic E-state index is 0.735. The highest BCUT2D eigenvalue weighted by Crippen LogP contribution is 2.19. The van der Waals surface area contributed by atoms with Crippen molar-refractivity contribution >= 4 is 0 Å². The Bertz CT molecular complexity index is 412. The topological polar surface area (TPSA) is 46.0 Å². The molecule has 2 heterocycles. The number of aromatic nitrogens is 3. The quantitative estimate of drug-likeness (QED) is 0.859. The summed E-state index contributed by atoms with van der Waals surface area (Å²) in [6.45, 7) is 7.80. The summed E-state index contributed by atoms with van der Waals surface area (Å²) < 4.78 is 2.00. The summed E-state index contributed by atoms with van der Waals surface area (Å²) >= 11 is 0. The van der Waals surface area contributed by atoms with Crippen LogP contribution in [0.5, 0.6) is 0 Å². The Morgan fingerprint density at radius 2 is 2.10 bits per heavy atom. The van der Waals surface area contributed by atoms with E-state index in [0.717, 1.165) is 37.3 Å². The summed E-state index contributed by atoms with van der Waals surface area (Å²) in [5.74, 6) is 0.895. The van der Waals surface area contributed by atoms with Crippen LogP contribution in [-0.4, -0.2) is 45.6 Å². The van der Waals surface area contributed by atoms with Gasteiger partial charge in [0.15, 0.2) is 0 Å². The maximum atomic E-state index is 4.24. The van der Waals surface area contributed by atoms with Gasteiger partial charge < -0.3 is 10.2 Å². The number of hydrogen-bond donors (Lipinski definition) is 1. The van der Waals surface area contributed by atoms with Crippen LogP contribution in [0.3, 0.4) is 0 Å². The first-order chi connectivity index (χ1) is 9.79. The number of likely N-dealkylation sites (tertiary alicyclic amines) is 1. The van der Waals surface area contributed by atoms with E-state index in [4.69, 9.17) is 0 Å². The van der Waals surface area contributed by atoms with Crippen LogP contribution >= 0.6 is 0 Å². The van der Waals surface area contributed by atoms with Gasteiger partial charge in [0.2, 0.25) is 0 Å². The molecule has 1 unspecified atom stereocenters. The van der Waals surface area contributed by atoms with Crippen LogP contribution in [0.1, 0.15) is 44.7 Å². The second-order valence-electron chi connectivity index (χ2n) is 6.51. The molecule has 1 N–H and O–H groups in total. The number of nitrogens with one attached hydrogen (secondary N) is 1. The molecule has 0 spiro atoms. The third kappa shape index (κ3) is 4.28. The molecule has 0 aromatic carbocycles. The summed E-state index contributed by atoms with van der Waals surface area (Å²) in [7, 11) is 0. The fraction of sp³-hybridized carbons (Fsp3) is 0.867. The molecule has 1 saturated heterocycles. The molecule has 3 rings (SSSR count). The number of nitrogens with zero attached hydrogens (tertiary/aromatic N) is 4. The van der Waals surface area contributed by atoms with E-state index < -0.39 is 0 Å². The monoisotopic (exact) mass is 277 g/mol. The van der Waals surface area contributed by atoms with Crippen molar-refractivity contribution in [3.05, 3.63) is 11.9 Å². The molecule has 1 saturated carbocycles. The van der Waals surface area contributed by atoms with Crippen LogP contribution in [0, 0.1) is 5.92 Å². The summed E-state index contributed by atoms with van der Waals surface area (Å²) in [5.41, 5.74) is 1.07. The maximum absolute atomic E-state index is 4.24. The van der Waals surface area contributed by atoms with E-state index >= 15 is 0 Å². The molecule has 1 aliphatic carbocycles. The number of hydrogen-bond acceptors (Lipinski definition) is 4. The zero-order chi connectivity index (χ0) is 13.8. The fourth-order valence-electron chi connectivity index (χ4n) is 2.86.